The fourth-order valence-electron chi connectivity index (χ4n) is 2.18. The maximum atomic E-state index is 13.3. The fourth-order valence-corrected chi connectivity index (χ4v) is 2.60. The fraction of sp³-hybridized carbons (Fsp3) is 0.167. The maximum Gasteiger partial charge on any atom is 0.421 e. The Kier molecular flexibility index (Phi) is 5.62. The van der Waals surface area contributed by atoms with Crippen LogP contribution in [0, 0.1) is 0 Å². The highest BCUT2D eigenvalue weighted by molar-refractivity contribution is 9.10. The third-order valence-corrected chi connectivity index (χ3v) is 4.23. The second kappa shape index (κ2) is 7.32. The van der Waals surface area contributed by atoms with Crippen LogP contribution >= 0.6 is 15.9 Å². The zero-order valence-electron chi connectivity index (χ0n) is 12.4. The minimum Gasteiger partial charge on any atom is -0.376 e. The van der Waals surface area contributed by atoms with Crippen LogP contribution in [0.15, 0.2) is 65.1 Å². The number of hydrogen-bond donors (Lipinski definition) is 1. The number of aliphatic hydroxyl groups is 1. The summed E-state index contributed by atoms with van der Waals surface area (Å²) in [4.78, 5) is 12.0. The molecule has 0 spiro atoms. The third kappa shape index (κ3) is 4.13. The van der Waals surface area contributed by atoms with Crippen molar-refractivity contribution >= 4 is 27.8 Å². The molecule has 2 aromatic carbocycles. The second-order valence-electron chi connectivity index (χ2n) is 5.22. The summed E-state index contributed by atoms with van der Waals surface area (Å²) in [6.45, 7) is 0. The van der Waals surface area contributed by atoms with E-state index >= 15 is 0 Å². The molecule has 0 heterocycles. The molecule has 0 amide bonds. The van der Waals surface area contributed by atoms with E-state index in [1.54, 1.807) is 24.3 Å². The molecule has 0 radical (unpaired) electrons. The van der Waals surface area contributed by atoms with Gasteiger partial charge in [-0.15, -0.1) is 0 Å². The van der Waals surface area contributed by atoms with Gasteiger partial charge in [0.15, 0.2) is 11.4 Å². The number of halogens is 4. The van der Waals surface area contributed by atoms with Gasteiger partial charge in [0, 0.05) is 4.47 Å². The molecule has 1 N–H and O–H groups in total. The van der Waals surface area contributed by atoms with E-state index in [2.05, 4.69) is 15.9 Å². The van der Waals surface area contributed by atoms with Gasteiger partial charge in [-0.1, -0.05) is 70.5 Å². The van der Waals surface area contributed by atoms with Gasteiger partial charge in [-0.25, -0.2) is 0 Å². The van der Waals surface area contributed by atoms with Gasteiger partial charge in [-0.05, 0) is 23.3 Å². The van der Waals surface area contributed by atoms with Crippen LogP contribution < -0.4 is 0 Å². The number of carbonyl (C=O) groups is 1. The Morgan fingerprint density at radius 1 is 1.04 bits per heavy atom. The molecule has 0 fully saturated rings. The Labute approximate surface area is 145 Å². The highest BCUT2D eigenvalue weighted by atomic mass is 79.9. The van der Waals surface area contributed by atoms with Crippen molar-refractivity contribution in [3.8, 4) is 0 Å². The number of carbonyl (C=O) groups excluding carboxylic acids is 1. The molecule has 2 aromatic rings. The van der Waals surface area contributed by atoms with E-state index in [9.17, 15) is 23.1 Å². The monoisotopic (exact) mass is 398 g/mol. The average Bonchev–Trinajstić information content (AvgIpc) is 2.54. The lowest BCUT2D eigenvalue weighted by Crippen LogP contribution is -2.43. The minimum absolute atomic E-state index is 0.361. The normalized spacial score (nSPS) is 14.5. The van der Waals surface area contributed by atoms with Gasteiger partial charge in [-0.2, -0.15) is 13.2 Å². The molecule has 2 rings (SSSR count). The summed E-state index contributed by atoms with van der Waals surface area (Å²) in [5.41, 5.74) is -2.93. The molecule has 0 aromatic heterocycles. The molecule has 24 heavy (non-hydrogen) atoms. The zero-order chi connectivity index (χ0) is 17.8. The van der Waals surface area contributed by atoms with E-state index in [1.165, 1.54) is 24.3 Å². The van der Waals surface area contributed by atoms with Gasteiger partial charge in [0.1, 0.15) is 0 Å². The largest absolute Gasteiger partial charge is 0.421 e. The second-order valence-corrected chi connectivity index (χ2v) is 6.08. The van der Waals surface area contributed by atoms with Crippen molar-refractivity contribution in [3.63, 3.8) is 0 Å². The summed E-state index contributed by atoms with van der Waals surface area (Å²) in [5, 5.41) is 10.2. The standard InChI is InChI=1S/C18H14BrF3O2/c19-16-9-5-4-6-13(16)10-11-15(23)12-17(24,18(20,21)22)14-7-2-1-3-8-14/h1-11,24H,12H2/b11-10+/t17-/m1/s1. The smallest absolute Gasteiger partial charge is 0.376 e. The molecule has 0 aliphatic heterocycles. The lowest BCUT2D eigenvalue weighted by molar-refractivity contribution is -0.266. The summed E-state index contributed by atoms with van der Waals surface area (Å²) in [6, 6.07) is 13.6. The number of benzene rings is 2. The van der Waals surface area contributed by atoms with Gasteiger partial charge in [-0.3, -0.25) is 4.79 Å². The Morgan fingerprint density at radius 2 is 1.62 bits per heavy atom. The van der Waals surface area contributed by atoms with Crippen molar-refractivity contribution < 1.29 is 23.1 Å². The number of ketones is 1. The van der Waals surface area contributed by atoms with Gasteiger partial charge in [0.25, 0.3) is 0 Å². The van der Waals surface area contributed by atoms with Crippen molar-refractivity contribution in [2.24, 2.45) is 0 Å². The predicted octanol–water partition coefficient (Wildman–Crippen LogP) is 4.87. The van der Waals surface area contributed by atoms with Crippen LogP contribution in [-0.4, -0.2) is 17.1 Å². The van der Waals surface area contributed by atoms with Crippen LogP contribution in [0.1, 0.15) is 17.5 Å². The first-order valence-corrected chi connectivity index (χ1v) is 7.83. The van der Waals surface area contributed by atoms with Gasteiger partial charge < -0.3 is 5.11 Å². The van der Waals surface area contributed by atoms with Crippen molar-refractivity contribution in [2.45, 2.75) is 18.2 Å². The van der Waals surface area contributed by atoms with E-state index < -0.39 is 24.0 Å². The van der Waals surface area contributed by atoms with Crippen LogP contribution in [0.5, 0.6) is 0 Å². The van der Waals surface area contributed by atoms with Gasteiger partial charge >= 0.3 is 6.18 Å². The van der Waals surface area contributed by atoms with E-state index in [0.29, 0.717) is 10.0 Å². The van der Waals surface area contributed by atoms with Crippen LogP contribution in [0.4, 0.5) is 13.2 Å². The number of hydrogen-bond acceptors (Lipinski definition) is 2. The van der Waals surface area contributed by atoms with E-state index in [-0.39, 0.29) is 5.56 Å². The Bertz CT molecular complexity index is 741. The first kappa shape index (κ1) is 18.4. The molecule has 0 unspecified atom stereocenters. The average molecular weight is 399 g/mol. The third-order valence-electron chi connectivity index (χ3n) is 3.50. The number of allylic oxidation sites excluding steroid dienone is 1. The lowest BCUT2D eigenvalue weighted by Gasteiger charge is -2.30. The number of alkyl halides is 3. The van der Waals surface area contributed by atoms with Crippen LogP contribution in [0.25, 0.3) is 6.08 Å². The molecule has 0 bridgehead atoms. The van der Waals surface area contributed by atoms with Gasteiger partial charge in [0.2, 0.25) is 0 Å². The van der Waals surface area contributed by atoms with Gasteiger partial charge in [0.05, 0.1) is 6.42 Å². The van der Waals surface area contributed by atoms with Crippen LogP contribution in [0.2, 0.25) is 0 Å². The Hall–Kier alpha value is -1.92. The molecule has 126 valence electrons. The lowest BCUT2D eigenvalue weighted by atomic mass is 9.87. The molecule has 1 atom stereocenters. The van der Waals surface area contributed by atoms with Crippen molar-refractivity contribution in [1.82, 2.24) is 0 Å². The van der Waals surface area contributed by atoms with Crippen LogP contribution in [0.3, 0.4) is 0 Å². The summed E-state index contributed by atoms with van der Waals surface area (Å²) < 4.78 is 40.7. The molecule has 2 nitrogen and oxygen atoms in total. The Balaban J connectivity index is 2.25. The molecule has 6 heteroatoms. The molecule has 0 saturated carbocycles. The molecular weight excluding hydrogens is 385 g/mol. The summed E-state index contributed by atoms with van der Waals surface area (Å²) in [5.74, 6) is -0.825. The topological polar surface area (TPSA) is 37.3 Å². The maximum absolute atomic E-state index is 13.3. The molecule has 0 aliphatic rings. The molecular formula is C18H14BrF3O2. The summed E-state index contributed by atoms with van der Waals surface area (Å²) >= 11 is 3.28. The first-order valence-electron chi connectivity index (χ1n) is 7.04. The first-order chi connectivity index (χ1) is 11.2. The van der Waals surface area contributed by atoms with E-state index in [4.69, 9.17) is 0 Å². The molecule has 0 aliphatic carbocycles. The van der Waals surface area contributed by atoms with E-state index in [0.717, 1.165) is 18.2 Å². The minimum atomic E-state index is -4.97. The van der Waals surface area contributed by atoms with Crippen molar-refractivity contribution in [3.05, 3.63) is 76.3 Å². The summed E-state index contributed by atoms with van der Waals surface area (Å²) in [7, 11) is 0. The highest BCUT2D eigenvalue weighted by Gasteiger charge is 2.55. The van der Waals surface area contributed by atoms with Crippen LogP contribution in [-0.2, 0) is 10.4 Å². The molecule has 0 saturated heterocycles. The Morgan fingerprint density at radius 3 is 2.21 bits per heavy atom. The predicted molar refractivity (Wildman–Crippen MR) is 89.2 cm³/mol. The SMILES string of the molecule is O=C(/C=C/c1ccccc1Br)C[C@@](O)(c1ccccc1)C(F)(F)F. The van der Waals surface area contributed by atoms with Crippen molar-refractivity contribution in [1.29, 1.82) is 0 Å². The quantitative estimate of drug-likeness (QED) is 0.729. The zero-order valence-corrected chi connectivity index (χ0v) is 14.0. The van der Waals surface area contributed by atoms with Crippen molar-refractivity contribution in [2.75, 3.05) is 0 Å². The number of rotatable bonds is 5. The van der Waals surface area contributed by atoms with E-state index in [1.807, 2.05) is 0 Å². The highest BCUT2D eigenvalue weighted by Crippen LogP contribution is 2.41. The summed E-state index contributed by atoms with van der Waals surface area (Å²) in [6.07, 6.45) is -3.60.